The molecular formula is C14H16ClN5O. The van der Waals surface area contributed by atoms with Gasteiger partial charge in [0.2, 0.25) is 5.91 Å². The van der Waals surface area contributed by atoms with Gasteiger partial charge >= 0.3 is 0 Å². The van der Waals surface area contributed by atoms with Crippen LogP contribution in [-0.2, 0) is 4.79 Å². The van der Waals surface area contributed by atoms with E-state index in [1.54, 1.807) is 7.05 Å². The Balaban J connectivity index is 1.74. The molecule has 3 rings (SSSR count). The van der Waals surface area contributed by atoms with Crippen molar-refractivity contribution in [3.63, 3.8) is 0 Å². The summed E-state index contributed by atoms with van der Waals surface area (Å²) in [6.45, 7) is 0.710. The Morgan fingerprint density at radius 2 is 2.19 bits per heavy atom. The second-order valence-corrected chi connectivity index (χ2v) is 5.49. The number of nitrogens with one attached hydrogen (secondary N) is 2. The summed E-state index contributed by atoms with van der Waals surface area (Å²) >= 11 is 5.88. The molecule has 110 valence electrons. The highest BCUT2D eigenvalue weighted by Crippen LogP contribution is 2.23. The highest BCUT2D eigenvalue weighted by molar-refractivity contribution is 6.30. The predicted molar refractivity (Wildman–Crippen MR) is 80.0 cm³/mol. The lowest BCUT2D eigenvalue weighted by molar-refractivity contribution is -0.122. The van der Waals surface area contributed by atoms with Crippen LogP contribution in [0.4, 0.5) is 0 Å². The first-order chi connectivity index (χ1) is 10.2. The van der Waals surface area contributed by atoms with Crippen LogP contribution in [-0.4, -0.2) is 40.5 Å². The van der Waals surface area contributed by atoms with Crippen LogP contribution in [0, 0.1) is 0 Å². The first kappa shape index (κ1) is 14.0. The molecule has 0 bridgehead atoms. The van der Waals surface area contributed by atoms with Crippen LogP contribution in [0.3, 0.4) is 0 Å². The van der Waals surface area contributed by atoms with Crippen molar-refractivity contribution in [3.05, 3.63) is 35.5 Å². The largest absolute Gasteiger partial charge is 0.358 e. The Kier molecular flexibility index (Phi) is 3.90. The zero-order valence-corrected chi connectivity index (χ0v) is 12.3. The van der Waals surface area contributed by atoms with Crippen LogP contribution in [0.2, 0.25) is 5.02 Å². The van der Waals surface area contributed by atoms with Crippen LogP contribution in [0.25, 0.3) is 11.3 Å². The third-order valence-electron chi connectivity index (χ3n) is 3.69. The van der Waals surface area contributed by atoms with E-state index < -0.39 is 0 Å². The van der Waals surface area contributed by atoms with Crippen molar-refractivity contribution >= 4 is 17.5 Å². The van der Waals surface area contributed by atoms with Crippen LogP contribution in [0.1, 0.15) is 12.5 Å². The summed E-state index contributed by atoms with van der Waals surface area (Å²) < 4.78 is 1.82. The quantitative estimate of drug-likeness (QED) is 0.895. The number of benzene rings is 1. The molecule has 2 N–H and O–H groups in total. The maximum Gasteiger partial charge on any atom is 0.236 e. The minimum absolute atomic E-state index is 0.00976. The van der Waals surface area contributed by atoms with Gasteiger partial charge in [0, 0.05) is 24.2 Å². The van der Waals surface area contributed by atoms with Gasteiger partial charge in [-0.2, -0.15) is 0 Å². The number of halogens is 1. The highest BCUT2D eigenvalue weighted by Gasteiger charge is 2.30. The standard InChI is InChI=1S/C14H16ClN5O/c1-16-14(21)12-6-11(7-17-12)20-8-13(18-19-20)9-2-4-10(15)5-3-9/h2-5,8,11-12,17H,6-7H2,1H3,(H,16,21)/t11-,12+/m1/s1. The van der Waals surface area contributed by atoms with Gasteiger partial charge < -0.3 is 10.6 Å². The molecule has 1 aromatic carbocycles. The van der Waals surface area contributed by atoms with E-state index in [1.807, 2.05) is 35.1 Å². The van der Waals surface area contributed by atoms with Gasteiger partial charge in [-0.1, -0.05) is 28.9 Å². The van der Waals surface area contributed by atoms with Crippen molar-refractivity contribution in [1.82, 2.24) is 25.6 Å². The third kappa shape index (κ3) is 2.91. The topological polar surface area (TPSA) is 71.8 Å². The van der Waals surface area contributed by atoms with Crippen molar-refractivity contribution in [2.24, 2.45) is 0 Å². The van der Waals surface area contributed by atoms with Crippen molar-refractivity contribution in [1.29, 1.82) is 0 Å². The van der Waals surface area contributed by atoms with Gasteiger partial charge in [0.15, 0.2) is 0 Å². The summed E-state index contributed by atoms with van der Waals surface area (Å²) in [5.41, 5.74) is 1.77. The van der Waals surface area contributed by atoms with Crippen LogP contribution in [0.15, 0.2) is 30.5 Å². The SMILES string of the molecule is CNC(=O)[C@@H]1C[C@@H](n2cc(-c3ccc(Cl)cc3)nn2)CN1. The highest BCUT2D eigenvalue weighted by atomic mass is 35.5. The molecule has 1 aliphatic heterocycles. The summed E-state index contributed by atoms with van der Waals surface area (Å²) in [7, 11) is 1.64. The Labute approximate surface area is 127 Å². The molecule has 2 atom stereocenters. The van der Waals surface area contributed by atoms with Crippen LogP contribution < -0.4 is 10.6 Å². The summed E-state index contributed by atoms with van der Waals surface area (Å²) in [6, 6.07) is 7.46. The molecule has 0 radical (unpaired) electrons. The summed E-state index contributed by atoms with van der Waals surface area (Å²) in [4.78, 5) is 11.6. The van der Waals surface area contributed by atoms with Gasteiger partial charge in [0.05, 0.1) is 18.3 Å². The van der Waals surface area contributed by atoms with E-state index in [4.69, 9.17) is 11.6 Å². The van der Waals surface area contributed by atoms with Crippen LogP contribution >= 0.6 is 11.6 Å². The molecule has 1 saturated heterocycles. The zero-order chi connectivity index (χ0) is 14.8. The zero-order valence-electron chi connectivity index (χ0n) is 11.6. The molecule has 0 aliphatic carbocycles. The Hall–Kier alpha value is -1.92. The van der Waals surface area contributed by atoms with Crippen molar-refractivity contribution in [2.75, 3.05) is 13.6 Å². The molecule has 0 spiro atoms. The summed E-state index contributed by atoms with van der Waals surface area (Å²) in [5, 5.41) is 14.9. The van der Waals surface area contributed by atoms with Gasteiger partial charge in [-0.3, -0.25) is 4.79 Å². The number of aromatic nitrogens is 3. The Morgan fingerprint density at radius 1 is 1.43 bits per heavy atom. The Morgan fingerprint density at radius 3 is 2.90 bits per heavy atom. The summed E-state index contributed by atoms with van der Waals surface area (Å²) in [6.07, 6.45) is 2.62. The minimum Gasteiger partial charge on any atom is -0.358 e. The molecule has 1 aliphatic rings. The molecule has 0 saturated carbocycles. The molecule has 1 aromatic heterocycles. The van der Waals surface area contributed by atoms with Gasteiger partial charge in [0.25, 0.3) is 0 Å². The number of hydrogen-bond acceptors (Lipinski definition) is 4. The molecule has 21 heavy (non-hydrogen) atoms. The average molecular weight is 306 g/mol. The van der Waals surface area contributed by atoms with E-state index in [9.17, 15) is 4.79 Å². The third-order valence-corrected chi connectivity index (χ3v) is 3.95. The van der Waals surface area contributed by atoms with Gasteiger partial charge in [-0.25, -0.2) is 4.68 Å². The fourth-order valence-corrected chi connectivity index (χ4v) is 2.63. The van der Waals surface area contributed by atoms with E-state index in [2.05, 4.69) is 20.9 Å². The number of nitrogens with zero attached hydrogens (tertiary/aromatic N) is 3. The lowest BCUT2D eigenvalue weighted by Crippen LogP contribution is -2.38. The van der Waals surface area contributed by atoms with Crippen molar-refractivity contribution < 1.29 is 4.79 Å². The van der Waals surface area contributed by atoms with Crippen LogP contribution in [0.5, 0.6) is 0 Å². The maximum atomic E-state index is 11.6. The molecule has 6 nitrogen and oxygen atoms in total. The lowest BCUT2D eigenvalue weighted by atomic mass is 10.1. The Bertz CT molecular complexity index is 639. The normalized spacial score (nSPS) is 21.4. The second kappa shape index (κ2) is 5.83. The number of hydrogen-bond donors (Lipinski definition) is 2. The van der Waals surface area contributed by atoms with Gasteiger partial charge in [0.1, 0.15) is 5.69 Å². The van der Waals surface area contributed by atoms with Crippen molar-refractivity contribution in [3.8, 4) is 11.3 Å². The smallest absolute Gasteiger partial charge is 0.236 e. The number of amides is 1. The fraction of sp³-hybridized carbons (Fsp3) is 0.357. The maximum absolute atomic E-state index is 11.6. The molecule has 1 fully saturated rings. The monoisotopic (exact) mass is 305 g/mol. The lowest BCUT2D eigenvalue weighted by Gasteiger charge is -2.08. The number of rotatable bonds is 3. The minimum atomic E-state index is -0.164. The number of carbonyl (C=O) groups excluding carboxylic acids is 1. The molecule has 7 heteroatoms. The van der Waals surface area contributed by atoms with E-state index in [0.717, 1.165) is 11.3 Å². The van der Waals surface area contributed by atoms with Crippen molar-refractivity contribution in [2.45, 2.75) is 18.5 Å². The predicted octanol–water partition coefficient (Wildman–Crippen LogP) is 1.25. The number of likely N-dealkylation sites (N-methyl/N-ethyl adjacent to an activating group) is 1. The molecule has 2 heterocycles. The average Bonchev–Trinajstić information content (AvgIpc) is 3.16. The first-order valence-corrected chi connectivity index (χ1v) is 7.18. The second-order valence-electron chi connectivity index (χ2n) is 5.06. The van der Waals surface area contributed by atoms with Gasteiger partial charge in [-0.05, 0) is 18.6 Å². The molecule has 1 amide bonds. The molecule has 2 aromatic rings. The molecule has 0 unspecified atom stereocenters. The van der Waals surface area contributed by atoms with E-state index >= 15 is 0 Å². The van der Waals surface area contributed by atoms with E-state index in [-0.39, 0.29) is 18.0 Å². The van der Waals surface area contributed by atoms with E-state index in [1.165, 1.54) is 0 Å². The fourth-order valence-electron chi connectivity index (χ4n) is 2.50. The summed E-state index contributed by atoms with van der Waals surface area (Å²) in [5.74, 6) is 0.00976. The molecular weight excluding hydrogens is 290 g/mol. The van der Waals surface area contributed by atoms with E-state index in [0.29, 0.717) is 18.0 Å². The number of carbonyl (C=O) groups is 1. The van der Waals surface area contributed by atoms with Gasteiger partial charge in [-0.15, -0.1) is 5.10 Å². The first-order valence-electron chi connectivity index (χ1n) is 6.80.